The molecule has 0 bridgehead atoms. The molecule has 0 saturated carbocycles. The summed E-state index contributed by atoms with van der Waals surface area (Å²) in [7, 11) is 3.22. The number of hydrogen-bond donors (Lipinski definition) is 2. The number of ether oxygens (including phenoxy) is 1. The van der Waals surface area contributed by atoms with Crippen LogP contribution < -0.4 is 15.4 Å². The zero-order valence-corrected chi connectivity index (χ0v) is 16.4. The van der Waals surface area contributed by atoms with Gasteiger partial charge in [-0.05, 0) is 29.8 Å². The number of methoxy groups -OCH3 is 1. The van der Waals surface area contributed by atoms with Crippen molar-refractivity contribution in [1.82, 2.24) is 25.1 Å². The van der Waals surface area contributed by atoms with Crippen LogP contribution in [0, 0.1) is 5.82 Å². The minimum Gasteiger partial charge on any atom is -0.494 e. The Morgan fingerprint density at radius 1 is 1.20 bits per heavy atom. The normalized spacial score (nSPS) is 10.8. The summed E-state index contributed by atoms with van der Waals surface area (Å²) in [6, 6.07) is 11.5. The van der Waals surface area contributed by atoms with Gasteiger partial charge in [-0.25, -0.2) is 14.4 Å². The van der Waals surface area contributed by atoms with Crippen LogP contribution in [-0.4, -0.2) is 32.8 Å². The fourth-order valence-corrected chi connectivity index (χ4v) is 2.93. The summed E-state index contributed by atoms with van der Waals surface area (Å²) in [5, 5.41) is 10.8. The lowest BCUT2D eigenvalue weighted by Crippen LogP contribution is -2.23. The van der Waals surface area contributed by atoms with Gasteiger partial charge in [-0.3, -0.25) is 9.48 Å². The number of aryl methyl sites for hydroxylation is 1. The Hall–Kier alpha value is -4.01. The number of rotatable bonds is 6. The van der Waals surface area contributed by atoms with E-state index in [1.807, 2.05) is 13.1 Å². The van der Waals surface area contributed by atoms with Crippen LogP contribution in [0.1, 0.15) is 16.1 Å². The van der Waals surface area contributed by atoms with Gasteiger partial charge in [0.2, 0.25) is 0 Å². The highest BCUT2D eigenvalue weighted by atomic mass is 19.1. The Morgan fingerprint density at radius 2 is 2.07 bits per heavy atom. The number of nitrogens with zero attached hydrogens (tertiary/aromatic N) is 4. The van der Waals surface area contributed by atoms with Crippen molar-refractivity contribution in [2.75, 3.05) is 12.4 Å². The van der Waals surface area contributed by atoms with Crippen LogP contribution in [0.3, 0.4) is 0 Å². The van der Waals surface area contributed by atoms with E-state index in [1.54, 1.807) is 41.3 Å². The van der Waals surface area contributed by atoms with E-state index in [2.05, 4.69) is 25.7 Å². The zero-order chi connectivity index (χ0) is 21.1. The first kappa shape index (κ1) is 19.3. The second-order valence-corrected chi connectivity index (χ2v) is 6.58. The molecule has 0 radical (unpaired) electrons. The van der Waals surface area contributed by atoms with Crippen molar-refractivity contribution < 1.29 is 13.9 Å². The fraction of sp³-hybridized carbons (Fsp3) is 0.143. The molecular formula is C21H19FN6O2. The summed E-state index contributed by atoms with van der Waals surface area (Å²) in [6.07, 6.45) is 3.36. The first-order valence-corrected chi connectivity index (χ1v) is 9.16. The zero-order valence-electron chi connectivity index (χ0n) is 16.4. The second-order valence-electron chi connectivity index (χ2n) is 6.58. The molecule has 0 saturated heterocycles. The van der Waals surface area contributed by atoms with Gasteiger partial charge in [-0.1, -0.05) is 6.07 Å². The van der Waals surface area contributed by atoms with Crippen molar-refractivity contribution in [1.29, 1.82) is 0 Å². The lowest BCUT2D eigenvalue weighted by molar-refractivity contribution is 0.0946. The molecule has 4 aromatic rings. The molecule has 2 N–H and O–H groups in total. The van der Waals surface area contributed by atoms with Crippen molar-refractivity contribution in [2.24, 2.45) is 7.05 Å². The summed E-state index contributed by atoms with van der Waals surface area (Å²) >= 11 is 0. The molecule has 0 atom stereocenters. The van der Waals surface area contributed by atoms with Gasteiger partial charge in [0.15, 0.2) is 11.6 Å². The van der Waals surface area contributed by atoms with E-state index in [-0.39, 0.29) is 23.9 Å². The predicted molar refractivity (Wildman–Crippen MR) is 110 cm³/mol. The summed E-state index contributed by atoms with van der Waals surface area (Å²) < 4.78 is 20.4. The summed E-state index contributed by atoms with van der Waals surface area (Å²) in [5.74, 6) is 0.692. The van der Waals surface area contributed by atoms with Gasteiger partial charge in [0.25, 0.3) is 5.91 Å². The lowest BCUT2D eigenvalue weighted by atomic mass is 10.2. The van der Waals surface area contributed by atoms with Crippen LogP contribution in [-0.2, 0) is 13.6 Å². The molecule has 30 heavy (non-hydrogen) atoms. The number of carbonyl (C=O) groups excluding carboxylic acids is 1. The number of benzene rings is 1. The monoisotopic (exact) mass is 406 g/mol. The van der Waals surface area contributed by atoms with E-state index >= 15 is 0 Å². The van der Waals surface area contributed by atoms with Gasteiger partial charge in [0, 0.05) is 37.3 Å². The van der Waals surface area contributed by atoms with Crippen LogP contribution in [0.5, 0.6) is 5.75 Å². The maximum absolute atomic E-state index is 13.8. The molecule has 1 amide bonds. The molecule has 0 fully saturated rings. The molecule has 8 nitrogen and oxygen atoms in total. The third kappa shape index (κ3) is 4.04. The molecular weight excluding hydrogens is 387 g/mol. The fourth-order valence-electron chi connectivity index (χ4n) is 2.93. The van der Waals surface area contributed by atoms with E-state index in [0.717, 1.165) is 11.2 Å². The van der Waals surface area contributed by atoms with Crippen molar-refractivity contribution in [2.45, 2.75) is 6.54 Å². The van der Waals surface area contributed by atoms with E-state index in [4.69, 9.17) is 4.74 Å². The number of fused-ring (bicyclic) bond motifs is 1. The SMILES string of the molecule is COc1ccc(CNC(=O)c2ccc3cnc(Nc4ccnn4C)cc3n2)cc1F. The number of nitrogens with one attached hydrogen (secondary N) is 2. The third-order valence-corrected chi connectivity index (χ3v) is 4.55. The largest absolute Gasteiger partial charge is 0.494 e. The standard InChI is InChI=1S/C21H19FN6O2/c1-28-20(7-8-25-28)27-19-10-17-14(12-23-19)4-5-16(26-17)21(29)24-11-13-3-6-18(30-2)15(22)9-13/h3-10,12H,11H2,1-2H3,(H,23,27)(H,24,29). The molecule has 0 aliphatic rings. The molecule has 0 aliphatic carbocycles. The van der Waals surface area contributed by atoms with E-state index in [9.17, 15) is 9.18 Å². The highest BCUT2D eigenvalue weighted by molar-refractivity contribution is 5.95. The molecule has 3 heterocycles. The highest BCUT2D eigenvalue weighted by Gasteiger charge is 2.10. The summed E-state index contributed by atoms with van der Waals surface area (Å²) in [5.41, 5.74) is 1.50. The van der Waals surface area contributed by atoms with Gasteiger partial charge in [0.05, 0.1) is 18.8 Å². The Labute approximate surface area is 171 Å². The summed E-state index contributed by atoms with van der Waals surface area (Å²) in [6.45, 7) is 0.170. The number of pyridine rings is 2. The van der Waals surface area contributed by atoms with Crippen molar-refractivity contribution in [3.8, 4) is 5.75 Å². The van der Waals surface area contributed by atoms with Gasteiger partial charge in [-0.15, -0.1) is 0 Å². The molecule has 1 aromatic carbocycles. The summed E-state index contributed by atoms with van der Waals surface area (Å²) in [4.78, 5) is 21.3. The minimum atomic E-state index is -0.478. The average Bonchev–Trinajstić information content (AvgIpc) is 3.16. The Kier molecular flexibility index (Phi) is 5.25. The molecule has 4 rings (SSSR count). The van der Waals surface area contributed by atoms with E-state index in [0.29, 0.717) is 16.9 Å². The number of anilines is 2. The average molecular weight is 406 g/mol. The minimum absolute atomic E-state index is 0.158. The van der Waals surface area contributed by atoms with Crippen LogP contribution in [0.25, 0.3) is 10.9 Å². The van der Waals surface area contributed by atoms with E-state index in [1.165, 1.54) is 19.2 Å². The number of hydrogen-bond acceptors (Lipinski definition) is 6. The lowest BCUT2D eigenvalue weighted by Gasteiger charge is -2.09. The number of aromatic nitrogens is 4. The molecule has 3 aromatic heterocycles. The molecule has 0 spiro atoms. The topological polar surface area (TPSA) is 94.0 Å². The Bertz CT molecular complexity index is 1220. The van der Waals surface area contributed by atoms with Gasteiger partial charge in [-0.2, -0.15) is 5.10 Å². The van der Waals surface area contributed by atoms with Crippen molar-refractivity contribution in [3.63, 3.8) is 0 Å². The van der Waals surface area contributed by atoms with Gasteiger partial charge < -0.3 is 15.4 Å². The first-order chi connectivity index (χ1) is 14.5. The number of carbonyl (C=O) groups is 1. The maximum Gasteiger partial charge on any atom is 0.270 e. The van der Waals surface area contributed by atoms with Crippen LogP contribution >= 0.6 is 0 Å². The van der Waals surface area contributed by atoms with Crippen LogP contribution in [0.4, 0.5) is 16.0 Å². The number of amides is 1. The molecule has 9 heteroatoms. The smallest absolute Gasteiger partial charge is 0.270 e. The number of halogens is 1. The molecule has 0 aliphatic heterocycles. The quantitative estimate of drug-likeness (QED) is 0.511. The Morgan fingerprint density at radius 3 is 2.80 bits per heavy atom. The van der Waals surface area contributed by atoms with Crippen molar-refractivity contribution in [3.05, 3.63) is 71.9 Å². The third-order valence-electron chi connectivity index (χ3n) is 4.55. The second kappa shape index (κ2) is 8.16. The van der Waals surface area contributed by atoms with Gasteiger partial charge >= 0.3 is 0 Å². The highest BCUT2D eigenvalue weighted by Crippen LogP contribution is 2.19. The van der Waals surface area contributed by atoms with E-state index < -0.39 is 5.82 Å². The molecule has 0 unspecified atom stereocenters. The Balaban J connectivity index is 1.49. The molecule has 152 valence electrons. The first-order valence-electron chi connectivity index (χ1n) is 9.16. The van der Waals surface area contributed by atoms with Crippen LogP contribution in [0.15, 0.2) is 54.9 Å². The predicted octanol–water partition coefficient (Wildman–Crippen LogP) is 3.18. The van der Waals surface area contributed by atoms with Crippen molar-refractivity contribution >= 4 is 28.4 Å². The van der Waals surface area contributed by atoms with Gasteiger partial charge in [0.1, 0.15) is 17.3 Å². The maximum atomic E-state index is 13.8. The van der Waals surface area contributed by atoms with Crippen LogP contribution in [0.2, 0.25) is 0 Å².